The topological polar surface area (TPSA) is 65.2 Å². The average Bonchev–Trinajstić information content (AvgIpc) is 2.31. The van der Waals surface area contributed by atoms with Crippen LogP contribution in [0.15, 0.2) is 11.2 Å². The molecule has 1 heterocycles. The summed E-state index contributed by atoms with van der Waals surface area (Å²) in [6, 6.07) is 3.57. The number of alkyl halides is 1. The Hall–Kier alpha value is -0.940. The zero-order valence-corrected chi connectivity index (χ0v) is 11.5. The summed E-state index contributed by atoms with van der Waals surface area (Å²) in [5.41, 5.74) is 0.815. The van der Waals surface area contributed by atoms with E-state index in [0.717, 1.165) is 16.3 Å². The van der Waals surface area contributed by atoms with Crippen LogP contribution >= 0.6 is 34.2 Å². The van der Waals surface area contributed by atoms with Crippen LogP contribution in [0.25, 0.3) is 0 Å². The highest BCUT2D eigenvalue weighted by atomic mass is 127. The lowest BCUT2D eigenvalue weighted by Gasteiger charge is -2.15. The Morgan fingerprint density at radius 1 is 1.69 bits per heavy atom. The van der Waals surface area contributed by atoms with Gasteiger partial charge < -0.3 is 0 Å². The maximum Gasteiger partial charge on any atom is 0.190 e. The van der Waals surface area contributed by atoms with Crippen LogP contribution in [0.1, 0.15) is 12.6 Å². The van der Waals surface area contributed by atoms with E-state index < -0.39 is 0 Å². The third-order valence-electron chi connectivity index (χ3n) is 1.72. The first-order valence-electron chi connectivity index (χ1n) is 4.50. The number of anilines is 1. The molecule has 0 saturated carbocycles. The van der Waals surface area contributed by atoms with Gasteiger partial charge in [0.25, 0.3) is 0 Å². The molecule has 0 spiro atoms. The average molecular weight is 350 g/mol. The number of hydrogen-bond acceptors (Lipinski definition) is 5. The number of hydrogen-bond donors (Lipinski definition) is 0. The molecule has 1 aromatic rings. The Kier molecular flexibility index (Phi) is 5.42. The largest absolute Gasteiger partial charge is 0.245 e. The number of hydrazone groups is 1. The Bertz CT molecular complexity index is 428. The summed E-state index contributed by atoms with van der Waals surface area (Å²) in [6.07, 6.45) is 1.13. The fourth-order valence-electron chi connectivity index (χ4n) is 1.02. The molecular formula is C9H9ClIN5. The fourth-order valence-corrected chi connectivity index (χ4v) is 1.65. The Morgan fingerprint density at radius 3 is 2.94 bits per heavy atom. The number of nitriles is 1. The Morgan fingerprint density at radius 2 is 2.44 bits per heavy atom. The molecule has 0 aliphatic heterocycles. The molecule has 0 aromatic carbocycles. The maximum atomic E-state index is 8.41. The first-order chi connectivity index (χ1) is 7.72. The minimum atomic E-state index is 0.462. The molecule has 5 nitrogen and oxygen atoms in total. The van der Waals surface area contributed by atoms with E-state index in [2.05, 4.69) is 37.9 Å². The molecule has 1 aromatic heterocycles. The van der Waals surface area contributed by atoms with E-state index in [4.69, 9.17) is 16.9 Å². The molecule has 84 valence electrons. The lowest BCUT2D eigenvalue weighted by atomic mass is 10.4. The van der Waals surface area contributed by atoms with Crippen LogP contribution in [-0.2, 0) is 4.43 Å². The monoisotopic (exact) mass is 349 g/mol. The summed E-state index contributed by atoms with van der Waals surface area (Å²) >= 11 is 8.24. The van der Waals surface area contributed by atoms with Gasteiger partial charge in [-0.3, -0.25) is 0 Å². The van der Waals surface area contributed by atoms with Gasteiger partial charge in [0, 0.05) is 11.0 Å². The normalized spacial score (nSPS) is 10.4. The van der Waals surface area contributed by atoms with E-state index in [1.54, 1.807) is 6.07 Å². The van der Waals surface area contributed by atoms with Gasteiger partial charge in [-0.25, -0.2) is 5.01 Å². The van der Waals surface area contributed by atoms with E-state index in [1.165, 1.54) is 5.01 Å². The van der Waals surface area contributed by atoms with Gasteiger partial charge >= 0.3 is 0 Å². The van der Waals surface area contributed by atoms with Crippen molar-refractivity contribution in [1.82, 2.24) is 10.2 Å². The second-order valence-electron chi connectivity index (χ2n) is 2.73. The SMILES string of the molecule is CCN(N=CC#N)c1nnc(CI)cc1Cl. The highest BCUT2D eigenvalue weighted by molar-refractivity contribution is 14.1. The quantitative estimate of drug-likeness (QED) is 0.362. The lowest BCUT2D eigenvalue weighted by molar-refractivity contribution is 0.838. The van der Waals surface area contributed by atoms with E-state index in [1.807, 2.05) is 13.0 Å². The van der Waals surface area contributed by atoms with Gasteiger partial charge in [0.1, 0.15) is 12.3 Å². The molecule has 1 rings (SSSR count). The van der Waals surface area contributed by atoms with E-state index in [9.17, 15) is 0 Å². The highest BCUT2D eigenvalue weighted by Crippen LogP contribution is 2.23. The van der Waals surface area contributed by atoms with Crippen LogP contribution < -0.4 is 5.01 Å². The van der Waals surface area contributed by atoms with Crippen molar-refractivity contribution < 1.29 is 0 Å². The molecule has 0 amide bonds. The number of nitrogens with zero attached hydrogens (tertiary/aromatic N) is 5. The Balaban J connectivity index is 3.02. The summed E-state index contributed by atoms with van der Waals surface area (Å²) in [6.45, 7) is 2.45. The van der Waals surface area contributed by atoms with Crippen molar-refractivity contribution in [2.75, 3.05) is 11.6 Å². The predicted octanol–water partition coefficient (Wildman–Crippen LogP) is 2.40. The molecule has 0 N–H and O–H groups in total. The second kappa shape index (κ2) is 6.60. The van der Waals surface area contributed by atoms with Crippen LogP contribution in [0.5, 0.6) is 0 Å². The second-order valence-corrected chi connectivity index (χ2v) is 3.90. The van der Waals surface area contributed by atoms with Crippen molar-refractivity contribution in [3.05, 3.63) is 16.8 Å². The van der Waals surface area contributed by atoms with Crippen LogP contribution in [0.2, 0.25) is 5.02 Å². The van der Waals surface area contributed by atoms with Gasteiger partial charge in [0.15, 0.2) is 5.82 Å². The fraction of sp³-hybridized carbons (Fsp3) is 0.333. The molecule has 0 aliphatic carbocycles. The maximum absolute atomic E-state index is 8.41. The van der Waals surface area contributed by atoms with Crippen molar-refractivity contribution in [2.45, 2.75) is 11.4 Å². The first kappa shape index (κ1) is 13.1. The van der Waals surface area contributed by atoms with Gasteiger partial charge in [0.2, 0.25) is 0 Å². The lowest BCUT2D eigenvalue weighted by Crippen LogP contribution is -2.18. The van der Waals surface area contributed by atoms with Crippen molar-refractivity contribution in [1.29, 1.82) is 5.26 Å². The molecule has 0 radical (unpaired) electrons. The molecule has 7 heteroatoms. The third-order valence-corrected chi connectivity index (χ3v) is 2.78. The van der Waals surface area contributed by atoms with Crippen molar-refractivity contribution in [3.63, 3.8) is 0 Å². The van der Waals surface area contributed by atoms with Crippen LogP contribution in [-0.4, -0.2) is 23.0 Å². The number of aromatic nitrogens is 2. The molecule has 0 fully saturated rings. The van der Waals surface area contributed by atoms with Crippen LogP contribution in [0, 0.1) is 11.3 Å². The van der Waals surface area contributed by atoms with Crippen molar-refractivity contribution in [2.24, 2.45) is 5.10 Å². The van der Waals surface area contributed by atoms with E-state index >= 15 is 0 Å². The first-order valence-corrected chi connectivity index (χ1v) is 6.41. The summed E-state index contributed by atoms with van der Waals surface area (Å²) in [7, 11) is 0. The standard InChI is InChI=1S/C9H9ClIN5/c1-2-16(13-4-3-12)9-8(10)5-7(6-11)14-15-9/h4-5H,2,6H2,1H3. The minimum absolute atomic E-state index is 0.462. The molecular weight excluding hydrogens is 340 g/mol. The highest BCUT2D eigenvalue weighted by Gasteiger charge is 2.10. The Labute approximate surface area is 112 Å². The summed E-state index contributed by atoms with van der Waals surface area (Å²) in [5.74, 6) is 0.462. The zero-order chi connectivity index (χ0) is 12.0. The van der Waals surface area contributed by atoms with Gasteiger partial charge in [-0.2, -0.15) is 15.5 Å². The van der Waals surface area contributed by atoms with Gasteiger partial charge in [-0.1, -0.05) is 34.2 Å². The van der Waals surface area contributed by atoms with Crippen molar-refractivity contribution >= 4 is 46.2 Å². The summed E-state index contributed by atoms with van der Waals surface area (Å²) in [5, 5.41) is 22.3. The van der Waals surface area contributed by atoms with Gasteiger partial charge in [0.05, 0.1) is 10.7 Å². The van der Waals surface area contributed by atoms with E-state index in [-0.39, 0.29) is 0 Å². The van der Waals surface area contributed by atoms with Crippen LogP contribution in [0.4, 0.5) is 5.82 Å². The summed E-state index contributed by atoms with van der Waals surface area (Å²) < 4.78 is 0.748. The van der Waals surface area contributed by atoms with Gasteiger partial charge in [-0.15, -0.1) is 5.10 Å². The molecule has 0 saturated heterocycles. The number of rotatable bonds is 4. The van der Waals surface area contributed by atoms with Gasteiger partial charge in [-0.05, 0) is 13.0 Å². The molecule has 16 heavy (non-hydrogen) atoms. The summed E-state index contributed by atoms with van der Waals surface area (Å²) in [4.78, 5) is 0. The van der Waals surface area contributed by atoms with Crippen LogP contribution in [0.3, 0.4) is 0 Å². The van der Waals surface area contributed by atoms with E-state index in [0.29, 0.717) is 17.4 Å². The molecule has 0 atom stereocenters. The smallest absolute Gasteiger partial charge is 0.190 e. The predicted molar refractivity (Wildman–Crippen MR) is 71.9 cm³/mol. The minimum Gasteiger partial charge on any atom is -0.245 e. The zero-order valence-electron chi connectivity index (χ0n) is 8.56. The molecule has 0 bridgehead atoms. The molecule has 0 unspecified atom stereocenters. The number of halogens is 2. The molecule has 0 aliphatic rings. The van der Waals surface area contributed by atoms with Crippen molar-refractivity contribution in [3.8, 4) is 6.07 Å². The third kappa shape index (κ3) is 3.28.